The maximum atomic E-state index is 12.1. The summed E-state index contributed by atoms with van der Waals surface area (Å²) in [6, 6.07) is 1.11. The lowest BCUT2D eigenvalue weighted by Crippen LogP contribution is -2.34. The Kier molecular flexibility index (Phi) is 4.37. The standard InChI is InChI=1S/C9H10BrNO4S3/c10-8-7(3-6(17-8)9(12)13)18(14,15)11-5-1-2-16-4-5/h3,5,11H,1-2,4H2,(H,12,13). The normalized spacial score (nSPS) is 20.2. The molecule has 0 spiro atoms. The molecule has 1 aliphatic heterocycles. The minimum Gasteiger partial charge on any atom is -0.477 e. The van der Waals surface area contributed by atoms with E-state index in [1.807, 2.05) is 0 Å². The van der Waals surface area contributed by atoms with Gasteiger partial charge in [-0.2, -0.15) is 11.8 Å². The summed E-state index contributed by atoms with van der Waals surface area (Å²) in [5, 5.41) is 8.84. The number of halogens is 1. The second-order valence-corrected chi connectivity index (χ2v) is 8.94. The number of rotatable bonds is 4. The molecule has 18 heavy (non-hydrogen) atoms. The molecule has 1 unspecified atom stereocenters. The van der Waals surface area contributed by atoms with Gasteiger partial charge in [0.15, 0.2) is 0 Å². The van der Waals surface area contributed by atoms with Gasteiger partial charge in [0.1, 0.15) is 9.77 Å². The van der Waals surface area contributed by atoms with Crippen LogP contribution in [0.25, 0.3) is 0 Å². The van der Waals surface area contributed by atoms with Gasteiger partial charge in [-0.05, 0) is 34.2 Å². The van der Waals surface area contributed by atoms with E-state index in [1.54, 1.807) is 11.8 Å². The predicted molar refractivity (Wildman–Crippen MR) is 75.0 cm³/mol. The molecule has 0 saturated carbocycles. The molecule has 1 aromatic heterocycles. The highest BCUT2D eigenvalue weighted by Gasteiger charge is 2.27. The monoisotopic (exact) mass is 371 g/mol. The predicted octanol–water partition coefficient (Wildman–Crippen LogP) is 1.99. The summed E-state index contributed by atoms with van der Waals surface area (Å²) in [6.45, 7) is 0. The Morgan fingerprint density at radius 2 is 2.28 bits per heavy atom. The lowest BCUT2D eigenvalue weighted by Gasteiger charge is -2.10. The van der Waals surface area contributed by atoms with Crippen LogP contribution in [-0.2, 0) is 10.0 Å². The molecular weight excluding hydrogens is 362 g/mol. The Labute approximate surface area is 121 Å². The van der Waals surface area contributed by atoms with E-state index < -0.39 is 16.0 Å². The highest BCUT2D eigenvalue weighted by atomic mass is 79.9. The molecule has 2 rings (SSSR count). The number of thiophene rings is 1. The quantitative estimate of drug-likeness (QED) is 0.845. The molecule has 1 atom stereocenters. The minimum absolute atomic E-state index is 0.00167. The summed E-state index contributed by atoms with van der Waals surface area (Å²) in [4.78, 5) is 10.8. The van der Waals surface area contributed by atoms with Crippen LogP contribution in [-0.4, -0.2) is 37.0 Å². The second kappa shape index (κ2) is 5.49. The van der Waals surface area contributed by atoms with Crippen molar-refractivity contribution in [1.29, 1.82) is 0 Å². The average Bonchev–Trinajstić information content (AvgIpc) is 2.86. The van der Waals surface area contributed by atoms with Gasteiger partial charge in [-0.3, -0.25) is 0 Å². The highest BCUT2D eigenvalue weighted by molar-refractivity contribution is 9.11. The molecule has 2 heterocycles. The van der Waals surface area contributed by atoms with Crippen LogP contribution in [0, 0.1) is 0 Å². The zero-order valence-corrected chi connectivity index (χ0v) is 13.1. The summed E-state index contributed by atoms with van der Waals surface area (Å²) < 4.78 is 27.1. The smallest absolute Gasteiger partial charge is 0.345 e. The van der Waals surface area contributed by atoms with Crippen molar-refractivity contribution in [3.8, 4) is 0 Å². The van der Waals surface area contributed by atoms with Crippen LogP contribution in [0.3, 0.4) is 0 Å². The molecule has 1 aliphatic rings. The maximum Gasteiger partial charge on any atom is 0.345 e. The van der Waals surface area contributed by atoms with E-state index in [-0.39, 0.29) is 15.8 Å². The number of hydrogen-bond acceptors (Lipinski definition) is 5. The van der Waals surface area contributed by atoms with E-state index in [9.17, 15) is 13.2 Å². The fraction of sp³-hybridized carbons (Fsp3) is 0.444. The summed E-state index contributed by atoms with van der Waals surface area (Å²) >= 11 is 5.70. The molecule has 0 radical (unpaired) electrons. The van der Waals surface area contributed by atoms with Gasteiger partial charge in [0.25, 0.3) is 0 Å². The van der Waals surface area contributed by atoms with Gasteiger partial charge in [-0.25, -0.2) is 17.9 Å². The summed E-state index contributed by atoms with van der Waals surface area (Å²) in [6.07, 6.45) is 0.803. The number of sulfonamides is 1. The third-order valence-electron chi connectivity index (χ3n) is 2.41. The van der Waals surface area contributed by atoms with Crippen LogP contribution in [0.4, 0.5) is 0 Å². The van der Waals surface area contributed by atoms with Crippen LogP contribution in [0.15, 0.2) is 14.7 Å². The third kappa shape index (κ3) is 3.08. The molecule has 0 bridgehead atoms. The summed E-state index contributed by atoms with van der Waals surface area (Å²) in [5.41, 5.74) is 0. The van der Waals surface area contributed by atoms with E-state index in [0.717, 1.165) is 29.3 Å². The van der Waals surface area contributed by atoms with Gasteiger partial charge in [0.2, 0.25) is 10.0 Å². The topological polar surface area (TPSA) is 83.5 Å². The first-order valence-corrected chi connectivity index (χ1v) is 9.27. The van der Waals surface area contributed by atoms with Crippen molar-refractivity contribution in [2.75, 3.05) is 11.5 Å². The van der Waals surface area contributed by atoms with Crippen LogP contribution in [0.1, 0.15) is 16.1 Å². The lowest BCUT2D eigenvalue weighted by atomic mass is 10.3. The molecule has 1 fully saturated rings. The molecule has 1 saturated heterocycles. The van der Waals surface area contributed by atoms with Gasteiger partial charge < -0.3 is 5.11 Å². The van der Waals surface area contributed by atoms with Gasteiger partial charge in [-0.1, -0.05) is 0 Å². The largest absolute Gasteiger partial charge is 0.477 e. The molecule has 1 aromatic rings. The van der Waals surface area contributed by atoms with Crippen LogP contribution >= 0.6 is 39.0 Å². The van der Waals surface area contributed by atoms with Crippen molar-refractivity contribution in [3.63, 3.8) is 0 Å². The molecule has 0 aromatic carbocycles. The first-order valence-electron chi connectivity index (χ1n) is 5.03. The van der Waals surface area contributed by atoms with Crippen molar-refractivity contribution in [2.24, 2.45) is 0 Å². The number of aromatic carboxylic acids is 1. The van der Waals surface area contributed by atoms with Crippen molar-refractivity contribution < 1.29 is 18.3 Å². The van der Waals surface area contributed by atoms with Gasteiger partial charge >= 0.3 is 5.97 Å². The average molecular weight is 372 g/mol. The van der Waals surface area contributed by atoms with Crippen molar-refractivity contribution >= 4 is 55.0 Å². The molecule has 0 aliphatic carbocycles. The number of thioether (sulfide) groups is 1. The van der Waals surface area contributed by atoms with E-state index >= 15 is 0 Å². The van der Waals surface area contributed by atoms with Crippen LogP contribution in [0.2, 0.25) is 0 Å². The van der Waals surface area contributed by atoms with Crippen molar-refractivity contribution in [3.05, 3.63) is 14.7 Å². The Hall–Kier alpha value is -0.0900. The van der Waals surface area contributed by atoms with E-state index in [2.05, 4.69) is 20.7 Å². The number of carbonyl (C=O) groups is 1. The Morgan fingerprint density at radius 1 is 1.56 bits per heavy atom. The van der Waals surface area contributed by atoms with E-state index in [1.165, 1.54) is 6.07 Å². The lowest BCUT2D eigenvalue weighted by molar-refractivity contribution is 0.0702. The van der Waals surface area contributed by atoms with Gasteiger partial charge in [0, 0.05) is 11.8 Å². The Bertz CT molecular complexity index is 562. The zero-order chi connectivity index (χ0) is 13.3. The number of carboxylic acid groups (broad SMARTS) is 1. The molecule has 9 heteroatoms. The highest BCUT2D eigenvalue weighted by Crippen LogP contribution is 2.32. The van der Waals surface area contributed by atoms with Gasteiger partial charge in [0.05, 0.1) is 3.79 Å². The van der Waals surface area contributed by atoms with Crippen molar-refractivity contribution in [2.45, 2.75) is 17.4 Å². The molecular formula is C9H10BrNO4S3. The summed E-state index contributed by atoms with van der Waals surface area (Å²) in [7, 11) is -3.65. The zero-order valence-electron chi connectivity index (χ0n) is 9.05. The first kappa shape index (κ1) is 14.3. The molecule has 100 valence electrons. The van der Waals surface area contributed by atoms with Gasteiger partial charge in [-0.15, -0.1) is 11.3 Å². The van der Waals surface area contributed by atoms with E-state index in [4.69, 9.17) is 5.11 Å². The molecule has 5 nitrogen and oxygen atoms in total. The second-order valence-electron chi connectivity index (χ2n) is 3.74. The first-order chi connectivity index (χ1) is 8.40. The van der Waals surface area contributed by atoms with Crippen molar-refractivity contribution in [1.82, 2.24) is 4.72 Å². The van der Waals surface area contributed by atoms with E-state index in [0.29, 0.717) is 3.79 Å². The van der Waals surface area contributed by atoms with Crippen LogP contribution in [0.5, 0.6) is 0 Å². The third-order valence-corrected chi connectivity index (χ3v) is 7.33. The maximum absolute atomic E-state index is 12.1. The molecule has 0 amide bonds. The minimum atomic E-state index is -3.65. The Morgan fingerprint density at radius 3 is 2.78 bits per heavy atom. The number of nitrogens with one attached hydrogen (secondary N) is 1. The fourth-order valence-corrected chi connectivity index (χ4v) is 6.48. The Balaban J connectivity index is 2.26. The molecule has 2 N–H and O–H groups in total. The number of carboxylic acids is 1. The summed E-state index contributed by atoms with van der Waals surface area (Å²) in [5.74, 6) is 0.573. The SMILES string of the molecule is O=C(O)c1cc(S(=O)(=O)NC2CCSC2)c(Br)s1. The number of hydrogen-bond donors (Lipinski definition) is 2. The van der Waals surface area contributed by atoms with Crippen LogP contribution < -0.4 is 4.72 Å². The fourth-order valence-electron chi connectivity index (χ4n) is 1.55.